The van der Waals surface area contributed by atoms with Gasteiger partial charge in [0.25, 0.3) is 0 Å². The summed E-state index contributed by atoms with van der Waals surface area (Å²) in [5.41, 5.74) is 1.35. The maximum Gasteiger partial charge on any atom is 0.410 e. The Morgan fingerprint density at radius 2 is 2.05 bits per heavy atom. The minimum Gasteiger partial charge on any atom is -0.444 e. The number of aromatic nitrogens is 5. The van der Waals surface area contributed by atoms with Gasteiger partial charge in [-0.05, 0) is 39.7 Å². The van der Waals surface area contributed by atoms with Crippen molar-refractivity contribution >= 4 is 45.3 Å². The van der Waals surface area contributed by atoms with Crippen LogP contribution in [0.5, 0.6) is 0 Å². The van der Waals surface area contributed by atoms with Crippen molar-refractivity contribution in [3.63, 3.8) is 0 Å². The summed E-state index contributed by atoms with van der Waals surface area (Å²) in [6, 6.07) is 2.92. The van der Waals surface area contributed by atoms with Crippen LogP contribution in [0.1, 0.15) is 33.6 Å². The van der Waals surface area contributed by atoms with Gasteiger partial charge in [0, 0.05) is 43.7 Å². The zero-order valence-corrected chi connectivity index (χ0v) is 22.7. The van der Waals surface area contributed by atoms with E-state index in [-0.39, 0.29) is 5.91 Å². The normalized spacial score (nSPS) is 15.5. The predicted molar refractivity (Wildman–Crippen MR) is 145 cm³/mol. The molecule has 2 amide bonds. The average molecular weight is 553 g/mol. The van der Waals surface area contributed by atoms with Crippen molar-refractivity contribution in [2.75, 3.05) is 18.4 Å². The number of nitrogens with zero attached hydrogens (tertiary/aromatic N) is 6. The number of imidazole rings is 1. The second kappa shape index (κ2) is 10.9. The Kier molecular flexibility index (Phi) is 7.42. The van der Waals surface area contributed by atoms with Gasteiger partial charge in [-0.15, -0.1) is 0 Å². The van der Waals surface area contributed by atoms with E-state index in [0.717, 1.165) is 11.9 Å². The molecule has 0 saturated carbocycles. The summed E-state index contributed by atoms with van der Waals surface area (Å²) in [4.78, 5) is 44.5. The van der Waals surface area contributed by atoms with E-state index in [1.165, 1.54) is 28.6 Å². The summed E-state index contributed by atoms with van der Waals surface area (Å²) in [5, 5.41) is 6.67. The highest BCUT2D eigenvalue weighted by Crippen LogP contribution is 2.32. The van der Waals surface area contributed by atoms with Crippen molar-refractivity contribution in [2.45, 2.75) is 51.8 Å². The lowest BCUT2D eigenvalue weighted by Gasteiger charge is -2.28. The lowest BCUT2D eigenvalue weighted by Crippen LogP contribution is -2.48. The Morgan fingerprint density at radius 1 is 1.21 bits per heavy atom. The van der Waals surface area contributed by atoms with E-state index >= 15 is 0 Å². The molecule has 1 saturated heterocycles. The fourth-order valence-electron chi connectivity index (χ4n) is 4.34. The maximum atomic E-state index is 14.1. The molecule has 1 atom stereocenters. The van der Waals surface area contributed by atoms with E-state index in [2.05, 4.69) is 30.6 Å². The third kappa shape index (κ3) is 6.14. The molecule has 11 nitrogen and oxygen atoms in total. The number of thiazole rings is 1. The largest absolute Gasteiger partial charge is 0.444 e. The number of halogens is 1. The van der Waals surface area contributed by atoms with Gasteiger partial charge in [-0.2, -0.15) is 0 Å². The molecule has 1 aliphatic heterocycles. The quantitative estimate of drug-likeness (QED) is 0.347. The Morgan fingerprint density at radius 3 is 2.85 bits per heavy atom. The van der Waals surface area contributed by atoms with Crippen LogP contribution >= 0.6 is 11.3 Å². The smallest absolute Gasteiger partial charge is 0.410 e. The molecule has 0 unspecified atom stereocenters. The Balaban J connectivity index is 1.21. The molecule has 39 heavy (non-hydrogen) atoms. The van der Waals surface area contributed by atoms with E-state index in [0.29, 0.717) is 53.0 Å². The van der Waals surface area contributed by atoms with E-state index in [1.54, 1.807) is 45.6 Å². The van der Waals surface area contributed by atoms with Gasteiger partial charge in [-0.3, -0.25) is 14.7 Å². The standard InChI is InChI=1S/C26H29FN8O3S/c1-26(2,3)38-25(37)35-9-4-5-19(35)23(36)29-8-10-34-15-32-18-13-30-22(11-20(18)34)33-24-31-14-21(39-24)16-6-7-28-12-17(16)27/h6-7,11-15,19H,4-5,8-10H2,1-3H3,(H,29,36)(H,30,31,33)/t19-/m0/s1. The number of anilines is 2. The van der Waals surface area contributed by atoms with Gasteiger partial charge in [0.05, 0.1) is 29.1 Å². The number of hydrogen-bond donors (Lipinski definition) is 2. The maximum absolute atomic E-state index is 14.1. The van der Waals surface area contributed by atoms with Gasteiger partial charge in [-0.1, -0.05) is 11.3 Å². The highest BCUT2D eigenvalue weighted by Gasteiger charge is 2.36. The monoisotopic (exact) mass is 552 g/mol. The summed E-state index contributed by atoms with van der Waals surface area (Å²) in [6.07, 6.45) is 8.55. The van der Waals surface area contributed by atoms with Gasteiger partial charge < -0.3 is 19.9 Å². The zero-order valence-electron chi connectivity index (χ0n) is 21.8. The fourth-order valence-corrected chi connectivity index (χ4v) is 5.19. The number of fused-ring (bicyclic) bond motifs is 1. The minimum absolute atomic E-state index is 0.197. The molecule has 0 radical (unpaired) electrons. The van der Waals surface area contributed by atoms with Crippen molar-refractivity contribution in [3.05, 3.63) is 49.1 Å². The molecule has 5 heterocycles. The summed E-state index contributed by atoms with van der Waals surface area (Å²) >= 11 is 1.30. The molecule has 13 heteroatoms. The molecule has 5 rings (SSSR count). The molecule has 0 aliphatic carbocycles. The van der Waals surface area contributed by atoms with E-state index < -0.39 is 23.6 Å². The lowest BCUT2D eigenvalue weighted by molar-refractivity contribution is -0.125. The Hall–Kier alpha value is -4.13. The van der Waals surface area contributed by atoms with Crippen LogP contribution in [0.2, 0.25) is 0 Å². The molecular formula is C26H29FN8O3S. The fraction of sp³-hybridized carbons (Fsp3) is 0.385. The summed E-state index contributed by atoms with van der Waals surface area (Å²) in [5.74, 6) is -0.0472. The average Bonchev–Trinajstić information content (AvgIpc) is 3.63. The number of carbonyl (C=O) groups is 2. The highest BCUT2D eigenvalue weighted by atomic mass is 32.1. The van der Waals surface area contributed by atoms with Crippen LogP contribution in [0.25, 0.3) is 21.5 Å². The molecule has 2 N–H and O–H groups in total. The number of amides is 2. The topological polar surface area (TPSA) is 127 Å². The van der Waals surface area contributed by atoms with Crippen LogP contribution in [0.4, 0.5) is 20.1 Å². The van der Waals surface area contributed by atoms with E-state index in [4.69, 9.17) is 4.74 Å². The van der Waals surface area contributed by atoms with Gasteiger partial charge in [0.2, 0.25) is 5.91 Å². The molecule has 0 spiro atoms. The van der Waals surface area contributed by atoms with Crippen molar-refractivity contribution < 1.29 is 18.7 Å². The third-order valence-corrected chi connectivity index (χ3v) is 7.07. The number of nitrogens with one attached hydrogen (secondary N) is 2. The van der Waals surface area contributed by atoms with Gasteiger partial charge in [-0.25, -0.2) is 24.1 Å². The third-order valence-electron chi connectivity index (χ3n) is 6.12. The SMILES string of the molecule is CC(C)(C)OC(=O)N1CCC[C@H]1C(=O)NCCn1cnc2cnc(Nc3ncc(-c4ccncc4F)s3)cc21. The molecule has 1 aliphatic rings. The Labute approximate surface area is 228 Å². The van der Waals surface area contributed by atoms with Crippen LogP contribution in [0, 0.1) is 5.82 Å². The number of hydrogen-bond acceptors (Lipinski definition) is 9. The molecule has 4 aromatic heterocycles. The first kappa shape index (κ1) is 26.5. The van der Waals surface area contributed by atoms with Crippen LogP contribution < -0.4 is 10.6 Å². The Bertz CT molecular complexity index is 1500. The van der Waals surface area contributed by atoms with Crippen molar-refractivity contribution in [1.29, 1.82) is 0 Å². The van der Waals surface area contributed by atoms with Gasteiger partial charge >= 0.3 is 6.09 Å². The summed E-state index contributed by atoms with van der Waals surface area (Å²) in [7, 11) is 0. The first-order chi connectivity index (χ1) is 18.7. The van der Waals surface area contributed by atoms with Crippen molar-refractivity contribution in [3.8, 4) is 10.4 Å². The highest BCUT2D eigenvalue weighted by molar-refractivity contribution is 7.18. The predicted octanol–water partition coefficient (Wildman–Crippen LogP) is 4.35. The lowest BCUT2D eigenvalue weighted by atomic mass is 10.2. The van der Waals surface area contributed by atoms with E-state index in [1.807, 2.05) is 10.6 Å². The number of likely N-dealkylation sites (tertiary alicyclic amines) is 1. The molecule has 0 aromatic carbocycles. The first-order valence-electron chi connectivity index (χ1n) is 12.6. The minimum atomic E-state index is -0.620. The molecule has 204 valence electrons. The van der Waals surface area contributed by atoms with Crippen molar-refractivity contribution in [1.82, 2.24) is 34.7 Å². The second-order valence-electron chi connectivity index (χ2n) is 10.1. The number of ether oxygens (including phenoxy) is 1. The summed E-state index contributed by atoms with van der Waals surface area (Å²) < 4.78 is 21.4. The number of pyridine rings is 2. The zero-order chi connectivity index (χ0) is 27.6. The van der Waals surface area contributed by atoms with Crippen molar-refractivity contribution in [2.24, 2.45) is 0 Å². The van der Waals surface area contributed by atoms with Crippen LogP contribution in [-0.4, -0.2) is 66.1 Å². The molecule has 4 aromatic rings. The molecule has 1 fully saturated rings. The van der Waals surface area contributed by atoms with E-state index in [9.17, 15) is 14.0 Å². The van der Waals surface area contributed by atoms with Crippen LogP contribution in [0.15, 0.2) is 43.2 Å². The van der Waals surface area contributed by atoms with Crippen LogP contribution in [0.3, 0.4) is 0 Å². The van der Waals surface area contributed by atoms with Gasteiger partial charge in [0.15, 0.2) is 5.13 Å². The first-order valence-corrected chi connectivity index (χ1v) is 13.4. The molecule has 0 bridgehead atoms. The summed E-state index contributed by atoms with van der Waals surface area (Å²) in [6.45, 7) is 6.76. The second-order valence-corrected chi connectivity index (χ2v) is 11.2. The van der Waals surface area contributed by atoms with Crippen LogP contribution in [-0.2, 0) is 16.1 Å². The van der Waals surface area contributed by atoms with Gasteiger partial charge in [0.1, 0.15) is 28.8 Å². The number of carbonyl (C=O) groups excluding carboxylic acids is 2. The molecular weight excluding hydrogens is 523 g/mol. The number of rotatable bonds is 7.